The van der Waals surface area contributed by atoms with Gasteiger partial charge in [-0.3, -0.25) is 0 Å². The van der Waals surface area contributed by atoms with Crippen LogP contribution in [0.3, 0.4) is 0 Å². The van der Waals surface area contributed by atoms with Crippen LogP contribution in [-0.2, 0) is 11.2 Å². The van der Waals surface area contributed by atoms with E-state index in [0.29, 0.717) is 30.5 Å². The summed E-state index contributed by atoms with van der Waals surface area (Å²) in [6, 6.07) is 13.2. The van der Waals surface area contributed by atoms with Crippen molar-refractivity contribution >= 4 is 12.1 Å². The molecule has 1 aliphatic heterocycles. The van der Waals surface area contributed by atoms with Gasteiger partial charge in [0.15, 0.2) is 5.60 Å². The van der Waals surface area contributed by atoms with Crippen molar-refractivity contribution in [2.45, 2.75) is 46.1 Å². The molecule has 2 aromatic rings. The van der Waals surface area contributed by atoms with Crippen molar-refractivity contribution in [2.75, 3.05) is 13.1 Å². The molecule has 1 fully saturated rings. The molecule has 1 saturated heterocycles. The Morgan fingerprint density at radius 2 is 1.77 bits per heavy atom. The lowest BCUT2D eigenvalue weighted by Gasteiger charge is -2.25. The molecule has 1 atom stereocenters. The summed E-state index contributed by atoms with van der Waals surface area (Å²) in [6.07, 6.45) is 1.46. The number of carboxylic acid groups (broad SMARTS) is 1. The molecule has 6 nitrogen and oxygen atoms in total. The van der Waals surface area contributed by atoms with Gasteiger partial charge in [-0.05, 0) is 75.3 Å². The highest BCUT2D eigenvalue weighted by molar-refractivity contribution is 5.77. The molecule has 30 heavy (non-hydrogen) atoms. The maximum atomic E-state index is 12.4. The summed E-state index contributed by atoms with van der Waals surface area (Å²) >= 11 is 0. The minimum Gasteiger partial charge on any atom is -0.478 e. The van der Waals surface area contributed by atoms with Crippen molar-refractivity contribution in [1.29, 1.82) is 0 Å². The van der Waals surface area contributed by atoms with Crippen molar-refractivity contribution in [3.63, 3.8) is 0 Å². The van der Waals surface area contributed by atoms with Gasteiger partial charge >= 0.3 is 12.1 Å². The third kappa shape index (κ3) is 5.12. The van der Waals surface area contributed by atoms with Gasteiger partial charge < -0.3 is 19.5 Å². The van der Waals surface area contributed by atoms with Crippen LogP contribution in [-0.4, -0.2) is 40.8 Å². The lowest BCUT2D eigenvalue weighted by Crippen LogP contribution is -2.38. The third-order valence-corrected chi connectivity index (χ3v) is 5.41. The van der Waals surface area contributed by atoms with Gasteiger partial charge in [0.05, 0.1) is 0 Å². The van der Waals surface area contributed by atoms with Crippen LogP contribution in [0.15, 0.2) is 42.5 Å². The average molecular weight is 411 g/mol. The Bertz CT molecular complexity index is 899. The average Bonchev–Trinajstić information content (AvgIpc) is 3.14. The Balaban J connectivity index is 1.62. The fourth-order valence-corrected chi connectivity index (χ4v) is 3.77. The van der Waals surface area contributed by atoms with Crippen LogP contribution >= 0.6 is 0 Å². The number of carbonyl (C=O) groups excluding carboxylic acids is 1. The van der Waals surface area contributed by atoms with Crippen LogP contribution in [0.5, 0.6) is 11.5 Å². The van der Waals surface area contributed by atoms with Gasteiger partial charge in [-0.25, -0.2) is 9.59 Å². The molecule has 0 unspecified atom stereocenters. The molecule has 0 spiro atoms. The Morgan fingerprint density at radius 1 is 1.13 bits per heavy atom. The summed E-state index contributed by atoms with van der Waals surface area (Å²) < 4.78 is 11.2. The fourth-order valence-electron chi connectivity index (χ4n) is 3.77. The lowest BCUT2D eigenvalue weighted by molar-refractivity contribution is -0.152. The lowest BCUT2D eigenvalue weighted by atomic mass is 9.95. The molecule has 0 aliphatic carbocycles. The molecule has 0 bridgehead atoms. The summed E-state index contributed by atoms with van der Waals surface area (Å²) in [4.78, 5) is 25.5. The number of aryl methyl sites for hydroxylation is 2. The Labute approximate surface area is 177 Å². The number of hydrogen-bond donors (Lipinski definition) is 1. The number of carboxylic acids is 1. The van der Waals surface area contributed by atoms with Crippen LogP contribution in [0.25, 0.3) is 0 Å². The molecule has 1 heterocycles. The first kappa shape index (κ1) is 21.7. The molecular formula is C24H29NO5. The van der Waals surface area contributed by atoms with Crippen LogP contribution in [0.1, 0.15) is 37.0 Å². The predicted molar refractivity (Wildman–Crippen MR) is 114 cm³/mol. The highest BCUT2D eigenvalue weighted by atomic mass is 16.6. The number of likely N-dealkylation sites (tertiary alicyclic amines) is 1. The standard InChI is InChI=1S/C24H29NO5/c1-16-12-19(13-17(2)21(16)30-24(3,4)22(26)27)14-18-10-11-25(15-18)23(28)29-20-8-6-5-7-9-20/h5-9,12-13,18H,10-11,14-15H2,1-4H3,(H,26,27)/t18-/m1/s1. The van der Waals surface area contributed by atoms with Gasteiger partial charge in [-0.2, -0.15) is 0 Å². The van der Waals surface area contributed by atoms with Crippen molar-refractivity contribution in [3.8, 4) is 11.5 Å². The van der Waals surface area contributed by atoms with Crippen LogP contribution in [0.4, 0.5) is 4.79 Å². The van der Waals surface area contributed by atoms with E-state index < -0.39 is 11.6 Å². The van der Waals surface area contributed by atoms with Gasteiger partial charge in [-0.15, -0.1) is 0 Å². The quantitative estimate of drug-likeness (QED) is 0.751. The summed E-state index contributed by atoms with van der Waals surface area (Å²) in [5.41, 5.74) is 1.70. The summed E-state index contributed by atoms with van der Waals surface area (Å²) in [7, 11) is 0. The normalized spacial score (nSPS) is 16.4. The van der Waals surface area contributed by atoms with Gasteiger partial charge in [0.2, 0.25) is 0 Å². The second kappa shape index (κ2) is 8.78. The van der Waals surface area contributed by atoms with E-state index in [4.69, 9.17) is 9.47 Å². The number of rotatable bonds is 6. The van der Waals surface area contributed by atoms with E-state index in [1.807, 2.05) is 44.2 Å². The van der Waals surface area contributed by atoms with Crippen molar-refractivity contribution < 1.29 is 24.2 Å². The number of hydrogen-bond acceptors (Lipinski definition) is 4. The minimum absolute atomic E-state index is 0.310. The first-order chi connectivity index (χ1) is 14.2. The SMILES string of the molecule is Cc1cc(C[C@H]2CCN(C(=O)Oc3ccccc3)C2)cc(C)c1OC(C)(C)C(=O)O. The van der Waals surface area contributed by atoms with E-state index in [1.54, 1.807) is 30.9 Å². The minimum atomic E-state index is -1.29. The number of aliphatic carboxylic acids is 1. The Kier molecular flexibility index (Phi) is 6.34. The molecule has 1 N–H and O–H groups in total. The number of para-hydroxylation sites is 1. The molecule has 160 valence electrons. The Hall–Kier alpha value is -3.02. The monoisotopic (exact) mass is 411 g/mol. The second-order valence-corrected chi connectivity index (χ2v) is 8.46. The molecular weight excluding hydrogens is 382 g/mol. The highest BCUT2D eigenvalue weighted by Gasteiger charge is 2.31. The van der Waals surface area contributed by atoms with E-state index >= 15 is 0 Å². The molecule has 1 amide bonds. The van der Waals surface area contributed by atoms with E-state index in [9.17, 15) is 14.7 Å². The predicted octanol–water partition coefficient (Wildman–Crippen LogP) is 4.61. The molecule has 3 rings (SSSR count). The zero-order valence-corrected chi connectivity index (χ0v) is 18.0. The molecule has 2 aromatic carbocycles. The fraction of sp³-hybridized carbons (Fsp3) is 0.417. The van der Waals surface area contributed by atoms with Crippen LogP contribution in [0.2, 0.25) is 0 Å². The molecule has 1 aliphatic rings. The van der Waals surface area contributed by atoms with Crippen molar-refractivity contribution in [2.24, 2.45) is 5.92 Å². The van der Waals surface area contributed by atoms with E-state index in [1.165, 1.54) is 0 Å². The van der Waals surface area contributed by atoms with Crippen molar-refractivity contribution in [3.05, 3.63) is 59.2 Å². The summed E-state index contributed by atoms with van der Waals surface area (Å²) in [6.45, 7) is 8.30. The first-order valence-electron chi connectivity index (χ1n) is 10.2. The van der Waals surface area contributed by atoms with Gasteiger partial charge in [-0.1, -0.05) is 30.3 Å². The number of benzene rings is 2. The first-order valence-corrected chi connectivity index (χ1v) is 10.2. The van der Waals surface area contributed by atoms with Gasteiger partial charge in [0.25, 0.3) is 0 Å². The Morgan fingerprint density at radius 3 is 2.37 bits per heavy atom. The summed E-state index contributed by atoms with van der Waals surface area (Å²) in [5, 5.41) is 9.32. The molecule has 0 radical (unpaired) electrons. The van der Waals surface area contributed by atoms with E-state index in [-0.39, 0.29) is 6.09 Å². The van der Waals surface area contributed by atoms with E-state index in [2.05, 4.69) is 0 Å². The van der Waals surface area contributed by atoms with Gasteiger partial charge in [0.1, 0.15) is 11.5 Å². The highest BCUT2D eigenvalue weighted by Crippen LogP contribution is 2.31. The summed E-state index contributed by atoms with van der Waals surface area (Å²) in [5.74, 6) is 0.524. The topological polar surface area (TPSA) is 76.1 Å². The van der Waals surface area contributed by atoms with Gasteiger partial charge in [0, 0.05) is 13.1 Å². The van der Waals surface area contributed by atoms with Crippen molar-refractivity contribution in [1.82, 2.24) is 4.90 Å². The van der Waals surface area contributed by atoms with Crippen LogP contribution in [0, 0.1) is 19.8 Å². The van der Waals surface area contributed by atoms with Crippen LogP contribution < -0.4 is 9.47 Å². The third-order valence-electron chi connectivity index (χ3n) is 5.41. The smallest absolute Gasteiger partial charge is 0.415 e. The second-order valence-electron chi connectivity index (χ2n) is 8.46. The number of nitrogens with zero attached hydrogens (tertiary/aromatic N) is 1. The zero-order valence-electron chi connectivity index (χ0n) is 18.0. The number of carbonyl (C=O) groups is 2. The number of ether oxygens (including phenoxy) is 2. The van der Waals surface area contributed by atoms with E-state index in [0.717, 1.165) is 29.5 Å². The number of amides is 1. The largest absolute Gasteiger partial charge is 0.478 e. The molecule has 0 saturated carbocycles. The molecule has 6 heteroatoms. The zero-order chi connectivity index (χ0) is 21.9. The molecule has 0 aromatic heterocycles. The maximum absolute atomic E-state index is 12.4. The maximum Gasteiger partial charge on any atom is 0.415 e.